The van der Waals surface area contributed by atoms with Gasteiger partial charge >= 0.3 is 0 Å². The van der Waals surface area contributed by atoms with Gasteiger partial charge in [-0.1, -0.05) is 54.2 Å². The van der Waals surface area contributed by atoms with Crippen molar-refractivity contribution in [3.8, 4) is 0 Å². The maximum atomic E-state index is 12.8. The van der Waals surface area contributed by atoms with Crippen molar-refractivity contribution in [2.75, 3.05) is 0 Å². The molecule has 2 aromatic carbocycles. The molecule has 0 bridgehead atoms. The van der Waals surface area contributed by atoms with Crippen LogP contribution in [0.25, 0.3) is 0 Å². The molecule has 0 radical (unpaired) electrons. The van der Waals surface area contributed by atoms with E-state index in [1.807, 2.05) is 30.3 Å². The zero-order chi connectivity index (χ0) is 15.9. The Kier molecular flexibility index (Phi) is 3.97. The third kappa shape index (κ3) is 2.64. The lowest BCUT2D eigenvalue weighted by molar-refractivity contribution is 0.593. The van der Waals surface area contributed by atoms with E-state index >= 15 is 0 Å². The number of thiocarbonyl (C=S) groups is 1. The highest BCUT2D eigenvalue weighted by Crippen LogP contribution is 2.54. The van der Waals surface area contributed by atoms with E-state index in [1.165, 1.54) is 12.1 Å². The molecule has 0 saturated heterocycles. The van der Waals surface area contributed by atoms with Crippen molar-refractivity contribution in [2.24, 2.45) is 11.7 Å². The third-order valence-corrected chi connectivity index (χ3v) is 6.72. The highest BCUT2D eigenvalue weighted by Gasteiger charge is 2.60. The number of benzene rings is 2. The molecule has 3 rings (SSSR count). The first-order valence-electron chi connectivity index (χ1n) is 6.76. The fraction of sp³-hybridized carbons (Fsp3) is 0.188. The summed E-state index contributed by atoms with van der Waals surface area (Å²) in [7, 11) is -3.50. The van der Waals surface area contributed by atoms with Gasteiger partial charge in [0, 0.05) is 16.9 Å². The van der Waals surface area contributed by atoms with Crippen LogP contribution in [0.15, 0.2) is 59.5 Å². The lowest BCUT2D eigenvalue weighted by Crippen LogP contribution is -2.17. The summed E-state index contributed by atoms with van der Waals surface area (Å²) >= 11 is 10.9. The van der Waals surface area contributed by atoms with Gasteiger partial charge in [-0.05, 0) is 29.8 Å². The number of halogens is 1. The lowest BCUT2D eigenvalue weighted by Gasteiger charge is -2.04. The summed E-state index contributed by atoms with van der Waals surface area (Å²) in [5, 5.41) is -0.103. The monoisotopic (exact) mass is 351 g/mol. The summed E-state index contributed by atoms with van der Waals surface area (Å²) in [4.78, 5) is 0.498. The Bertz CT molecular complexity index is 804. The van der Waals surface area contributed by atoms with Gasteiger partial charge in [-0.25, -0.2) is 8.42 Å². The average Bonchev–Trinajstić information content (AvgIpc) is 3.25. The Hall–Kier alpha value is -1.43. The number of hydrogen-bond donors (Lipinski definition) is 1. The molecule has 1 aliphatic carbocycles. The summed E-state index contributed by atoms with van der Waals surface area (Å²) in [6.07, 6.45) is 0. The van der Waals surface area contributed by atoms with Gasteiger partial charge in [-0.2, -0.15) is 0 Å². The molecule has 2 N–H and O–H groups in total. The predicted molar refractivity (Wildman–Crippen MR) is 91.9 cm³/mol. The first kappa shape index (κ1) is 15.5. The number of hydrogen-bond acceptors (Lipinski definition) is 3. The lowest BCUT2D eigenvalue weighted by atomic mass is 10.1. The van der Waals surface area contributed by atoms with Crippen LogP contribution in [0, 0.1) is 5.92 Å². The first-order valence-corrected chi connectivity index (χ1v) is 9.10. The second-order valence-electron chi connectivity index (χ2n) is 5.33. The van der Waals surface area contributed by atoms with E-state index in [1.54, 1.807) is 12.1 Å². The van der Waals surface area contributed by atoms with E-state index in [2.05, 4.69) is 0 Å². The quantitative estimate of drug-likeness (QED) is 0.859. The Labute approximate surface area is 140 Å². The first-order chi connectivity index (χ1) is 10.4. The SMILES string of the molecule is NC(=S)[C@H]1[C@@H](c2ccccc2)[C@@H]1S(=O)(=O)c1ccc(Cl)cc1. The summed E-state index contributed by atoms with van der Waals surface area (Å²) in [6, 6.07) is 15.7. The summed E-state index contributed by atoms with van der Waals surface area (Å²) in [5.74, 6) is -0.502. The fourth-order valence-electron chi connectivity index (χ4n) is 2.86. The minimum atomic E-state index is -3.50. The van der Waals surface area contributed by atoms with Crippen molar-refractivity contribution in [1.29, 1.82) is 0 Å². The molecule has 22 heavy (non-hydrogen) atoms. The highest BCUT2D eigenvalue weighted by molar-refractivity contribution is 7.92. The van der Waals surface area contributed by atoms with E-state index < -0.39 is 15.1 Å². The zero-order valence-corrected chi connectivity index (χ0v) is 13.9. The third-order valence-electron chi connectivity index (χ3n) is 3.97. The number of sulfone groups is 1. The van der Waals surface area contributed by atoms with Crippen LogP contribution in [0.5, 0.6) is 0 Å². The minimum absolute atomic E-state index is 0.181. The van der Waals surface area contributed by atoms with E-state index in [9.17, 15) is 8.42 Å². The normalized spacial score (nSPS) is 24.0. The van der Waals surface area contributed by atoms with Gasteiger partial charge < -0.3 is 5.73 Å². The fourth-order valence-corrected chi connectivity index (χ4v) is 5.52. The van der Waals surface area contributed by atoms with Crippen molar-refractivity contribution in [3.63, 3.8) is 0 Å². The molecule has 0 unspecified atom stereocenters. The average molecular weight is 352 g/mol. The van der Waals surface area contributed by atoms with Crippen LogP contribution in [-0.4, -0.2) is 18.7 Å². The van der Waals surface area contributed by atoms with Gasteiger partial charge in [0.1, 0.15) is 0 Å². The Morgan fingerprint density at radius 3 is 2.18 bits per heavy atom. The van der Waals surface area contributed by atoms with Crippen LogP contribution < -0.4 is 5.73 Å². The van der Waals surface area contributed by atoms with Crippen LogP contribution >= 0.6 is 23.8 Å². The van der Waals surface area contributed by atoms with Crippen molar-refractivity contribution < 1.29 is 8.42 Å². The van der Waals surface area contributed by atoms with Crippen LogP contribution in [0.1, 0.15) is 11.5 Å². The highest BCUT2D eigenvalue weighted by atomic mass is 35.5. The molecule has 1 fully saturated rings. The van der Waals surface area contributed by atoms with E-state index in [4.69, 9.17) is 29.6 Å². The molecule has 0 aliphatic heterocycles. The molecule has 0 heterocycles. The molecule has 0 amide bonds. The largest absolute Gasteiger partial charge is 0.393 e. The van der Waals surface area contributed by atoms with Crippen LogP contribution in [0.4, 0.5) is 0 Å². The van der Waals surface area contributed by atoms with E-state index in [0.717, 1.165) is 5.56 Å². The van der Waals surface area contributed by atoms with Crippen molar-refractivity contribution in [1.82, 2.24) is 0 Å². The number of rotatable bonds is 4. The number of nitrogens with two attached hydrogens (primary N) is 1. The molecule has 1 aliphatic rings. The Morgan fingerprint density at radius 2 is 1.64 bits per heavy atom. The van der Waals surface area contributed by atoms with Crippen LogP contribution in [0.3, 0.4) is 0 Å². The second kappa shape index (κ2) is 5.65. The molecule has 2 aromatic rings. The van der Waals surface area contributed by atoms with E-state index in [0.29, 0.717) is 5.02 Å². The maximum absolute atomic E-state index is 12.8. The maximum Gasteiger partial charge on any atom is 0.182 e. The van der Waals surface area contributed by atoms with Gasteiger partial charge in [0.2, 0.25) is 0 Å². The van der Waals surface area contributed by atoms with Gasteiger partial charge in [-0.3, -0.25) is 0 Å². The van der Waals surface area contributed by atoms with Crippen molar-refractivity contribution in [3.05, 3.63) is 65.2 Å². The molecule has 3 nitrogen and oxygen atoms in total. The topological polar surface area (TPSA) is 60.2 Å². The molecule has 1 saturated carbocycles. The van der Waals surface area contributed by atoms with Gasteiger partial charge in [0.25, 0.3) is 0 Å². The molecule has 114 valence electrons. The van der Waals surface area contributed by atoms with Gasteiger partial charge in [0.15, 0.2) is 9.84 Å². The predicted octanol–water partition coefficient (Wildman–Crippen LogP) is 3.18. The van der Waals surface area contributed by atoms with Crippen molar-refractivity contribution >= 4 is 38.6 Å². The summed E-state index contributed by atoms with van der Waals surface area (Å²) < 4.78 is 25.7. The van der Waals surface area contributed by atoms with Gasteiger partial charge in [0.05, 0.1) is 15.1 Å². The molecule has 0 aromatic heterocycles. The Balaban J connectivity index is 1.99. The summed E-state index contributed by atoms with van der Waals surface area (Å²) in [5.41, 5.74) is 6.71. The van der Waals surface area contributed by atoms with Crippen molar-refractivity contribution in [2.45, 2.75) is 16.1 Å². The summed E-state index contributed by atoms with van der Waals surface area (Å²) in [6.45, 7) is 0. The standard InChI is InChI=1S/C16H14ClNO2S2/c17-11-6-8-12(9-7-11)22(19,20)15-13(14(15)16(18)21)10-4-2-1-3-5-10/h1-9,13-15H,(H2,18,21)/t13-,14+,15+/m1/s1. The van der Waals surface area contributed by atoms with Crippen LogP contribution in [-0.2, 0) is 9.84 Å². The zero-order valence-electron chi connectivity index (χ0n) is 11.5. The van der Waals surface area contributed by atoms with Crippen LogP contribution in [0.2, 0.25) is 5.02 Å². The van der Waals surface area contributed by atoms with Gasteiger partial charge in [-0.15, -0.1) is 0 Å². The van der Waals surface area contributed by atoms with E-state index in [-0.39, 0.29) is 21.7 Å². The second-order valence-corrected chi connectivity index (χ2v) is 8.34. The molecular formula is C16H14ClNO2S2. The molecule has 6 heteroatoms. The Morgan fingerprint density at radius 1 is 1.05 bits per heavy atom. The smallest absolute Gasteiger partial charge is 0.182 e. The minimum Gasteiger partial charge on any atom is -0.393 e. The molecule has 0 spiro atoms. The molecule has 3 atom stereocenters. The molecular weight excluding hydrogens is 338 g/mol.